The molecule has 1 aliphatic rings. The van der Waals surface area contributed by atoms with E-state index in [9.17, 15) is 24.9 Å². The molecule has 0 bridgehead atoms. The molecular weight excluding hydrogens is 570 g/mol. The van der Waals surface area contributed by atoms with Gasteiger partial charge in [0.15, 0.2) is 6.29 Å². The zero-order chi connectivity index (χ0) is 31.5. The monoisotopic (exact) mass is 613 g/mol. The lowest BCUT2D eigenvalue weighted by Gasteiger charge is -2.41. The van der Waals surface area contributed by atoms with Crippen molar-refractivity contribution in [2.75, 3.05) is 26.5 Å². The Labute approximate surface area is 256 Å². The third-order valence-corrected chi connectivity index (χ3v) is 7.41. The van der Waals surface area contributed by atoms with Gasteiger partial charge in [-0.15, -0.1) is 5.10 Å². The topological polar surface area (TPSA) is 177 Å². The summed E-state index contributed by atoms with van der Waals surface area (Å²) >= 11 is 0. The Balaban J connectivity index is 1.25. The standard InChI is InChI=1S/C31H43N5O8/c1-20(2)43-19-33-27(39)16-26(38)32-14-7-3-4-8-15-42-31-28(30(41)29(40)25(18-37)44-31)36-17-24(34-35-36)23-13-9-11-21-10-5-6-12-22(21)23/h5-6,9-13,17,20,25,28-31,37,40-41H,3-4,7-8,14-16,18-19H2,1-2H3,(H,32,38)(H,33,39). The number of rotatable bonds is 16. The van der Waals surface area contributed by atoms with Gasteiger partial charge in [-0.25, -0.2) is 4.68 Å². The zero-order valence-electron chi connectivity index (χ0n) is 25.2. The quantitative estimate of drug-likeness (QED) is 0.0907. The number of hydrogen-bond acceptors (Lipinski definition) is 10. The van der Waals surface area contributed by atoms with Crippen LogP contribution in [0.4, 0.5) is 0 Å². The number of aliphatic hydroxyl groups is 3. The van der Waals surface area contributed by atoms with Gasteiger partial charge >= 0.3 is 0 Å². The van der Waals surface area contributed by atoms with Gasteiger partial charge in [0.25, 0.3) is 0 Å². The minimum absolute atomic E-state index is 0.00802. The van der Waals surface area contributed by atoms with Crippen LogP contribution in [0.15, 0.2) is 48.7 Å². The molecule has 1 saturated heterocycles. The number of carbonyl (C=O) groups excluding carboxylic acids is 2. The van der Waals surface area contributed by atoms with Gasteiger partial charge in [0, 0.05) is 18.7 Å². The Morgan fingerprint density at radius 2 is 1.75 bits per heavy atom. The Morgan fingerprint density at radius 1 is 1.00 bits per heavy atom. The van der Waals surface area contributed by atoms with Gasteiger partial charge in [-0.2, -0.15) is 0 Å². The van der Waals surface area contributed by atoms with E-state index in [-0.39, 0.29) is 31.1 Å². The predicted octanol–water partition coefficient (Wildman–Crippen LogP) is 1.66. The molecule has 5 N–H and O–H groups in total. The smallest absolute Gasteiger partial charge is 0.231 e. The van der Waals surface area contributed by atoms with E-state index >= 15 is 0 Å². The van der Waals surface area contributed by atoms with Crippen molar-refractivity contribution >= 4 is 22.6 Å². The Kier molecular flexibility index (Phi) is 12.6. The highest BCUT2D eigenvalue weighted by Gasteiger charge is 2.46. The van der Waals surface area contributed by atoms with Crippen LogP contribution >= 0.6 is 0 Å². The highest BCUT2D eigenvalue weighted by molar-refractivity contribution is 5.97. The number of nitrogens with one attached hydrogen (secondary N) is 2. The van der Waals surface area contributed by atoms with Crippen molar-refractivity contribution in [3.63, 3.8) is 0 Å². The zero-order valence-corrected chi connectivity index (χ0v) is 25.2. The Morgan fingerprint density at radius 3 is 2.55 bits per heavy atom. The van der Waals surface area contributed by atoms with Gasteiger partial charge in [-0.1, -0.05) is 60.5 Å². The second-order valence-electron chi connectivity index (χ2n) is 11.1. The summed E-state index contributed by atoms with van der Waals surface area (Å²) in [6.45, 7) is 4.06. The number of aromatic nitrogens is 3. The van der Waals surface area contributed by atoms with Gasteiger partial charge in [-0.3, -0.25) is 9.59 Å². The molecular formula is C31H43N5O8. The highest BCUT2D eigenvalue weighted by Crippen LogP contribution is 2.33. The van der Waals surface area contributed by atoms with Gasteiger partial charge < -0.3 is 40.2 Å². The molecule has 13 nitrogen and oxygen atoms in total. The number of benzene rings is 2. The number of aliphatic hydroxyl groups excluding tert-OH is 3. The number of ether oxygens (including phenoxy) is 3. The van der Waals surface area contributed by atoms with Gasteiger partial charge in [0.1, 0.15) is 43.2 Å². The lowest BCUT2D eigenvalue weighted by molar-refractivity contribution is -0.281. The molecule has 1 aliphatic heterocycles. The number of unbranched alkanes of at least 4 members (excludes halogenated alkanes) is 3. The highest BCUT2D eigenvalue weighted by atomic mass is 16.7. The fourth-order valence-electron chi connectivity index (χ4n) is 5.05. The fourth-order valence-corrected chi connectivity index (χ4v) is 5.05. The minimum atomic E-state index is -1.34. The molecule has 0 saturated carbocycles. The molecule has 44 heavy (non-hydrogen) atoms. The van der Waals surface area contributed by atoms with Gasteiger partial charge in [-0.05, 0) is 37.5 Å². The lowest BCUT2D eigenvalue weighted by atomic mass is 9.97. The summed E-state index contributed by atoms with van der Waals surface area (Å²) in [5, 5.41) is 47.2. The molecule has 5 unspecified atom stereocenters. The van der Waals surface area contributed by atoms with Crippen molar-refractivity contribution < 1.29 is 39.1 Å². The first-order valence-electron chi connectivity index (χ1n) is 15.1. The van der Waals surface area contributed by atoms with Crippen LogP contribution in [0, 0.1) is 0 Å². The first kappa shape index (κ1) is 33.4. The van der Waals surface area contributed by atoms with Gasteiger partial charge in [0.05, 0.1) is 18.9 Å². The molecule has 0 spiro atoms. The van der Waals surface area contributed by atoms with Crippen molar-refractivity contribution in [2.24, 2.45) is 0 Å². The number of hydrogen-bond donors (Lipinski definition) is 5. The minimum Gasteiger partial charge on any atom is -0.394 e. The van der Waals surface area contributed by atoms with E-state index in [0.29, 0.717) is 25.3 Å². The van der Waals surface area contributed by atoms with E-state index in [1.807, 2.05) is 56.3 Å². The van der Waals surface area contributed by atoms with E-state index < -0.39 is 37.3 Å². The maximum Gasteiger partial charge on any atom is 0.231 e. The van der Waals surface area contributed by atoms with Crippen LogP contribution in [0.25, 0.3) is 22.0 Å². The molecule has 0 radical (unpaired) electrons. The summed E-state index contributed by atoms with van der Waals surface area (Å²) in [4.78, 5) is 23.7. The van der Waals surface area contributed by atoms with Crippen molar-refractivity contribution in [1.82, 2.24) is 25.6 Å². The molecule has 1 fully saturated rings. The van der Waals surface area contributed by atoms with E-state index in [1.54, 1.807) is 6.20 Å². The van der Waals surface area contributed by atoms with Crippen LogP contribution in [0.3, 0.4) is 0 Å². The Hall–Kier alpha value is -3.46. The maximum atomic E-state index is 11.9. The van der Waals surface area contributed by atoms with E-state index in [4.69, 9.17) is 14.2 Å². The van der Waals surface area contributed by atoms with Crippen molar-refractivity contribution in [1.29, 1.82) is 0 Å². The molecule has 5 atom stereocenters. The first-order chi connectivity index (χ1) is 21.3. The summed E-state index contributed by atoms with van der Waals surface area (Å²) in [6, 6.07) is 12.9. The summed E-state index contributed by atoms with van der Waals surface area (Å²) in [5.74, 6) is -0.730. The molecule has 240 valence electrons. The molecule has 0 aliphatic carbocycles. The molecule has 2 heterocycles. The molecule has 2 amide bonds. The summed E-state index contributed by atoms with van der Waals surface area (Å²) in [5.41, 5.74) is 1.47. The van der Waals surface area contributed by atoms with Crippen LogP contribution in [0.2, 0.25) is 0 Å². The van der Waals surface area contributed by atoms with E-state index in [0.717, 1.165) is 35.6 Å². The maximum absolute atomic E-state index is 11.9. The Bertz CT molecular complexity index is 1350. The molecule has 13 heteroatoms. The average molecular weight is 614 g/mol. The average Bonchev–Trinajstić information content (AvgIpc) is 3.49. The fraction of sp³-hybridized carbons (Fsp3) is 0.548. The summed E-state index contributed by atoms with van der Waals surface area (Å²) < 4.78 is 18.5. The predicted molar refractivity (Wildman–Crippen MR) is 161 cm³/mol. The van der Waals surface area contributed by atoms with Crippen LogP contribution in [0.5, 0.6) is 0 Å². The van der Waals surface area contributed by atoms with Crippen molar-refractivity contribution in [2.45, 2.75) is 82.7 Å². The second kappa shape index (κ2) is 16.6. The van der Waals surface area contributed by atoms with Crippen LogP contribution in [-0.2, 0) is 23.8 Å². The number of carbonyl (C=O) groups is 2. The molecule has 2 aromatic carbocycles. The molecule has 3 aromatic rings. The molecule has 4 rings (SSSR count). The summed E-state index contributed by atoms with van der Waals surface area (Å²) in [6.07, 6.45) is -0.169. The van der Waals surface area contributed by atoms with Crippen LogP contribution in [0.1, 0.15) is 52.0 Å². The third kappa shape index (κ3) is 9.03. The SMILES string of the molecule is CC(C)OCNC(=O)CC(=O)NCCCCCCOC1OC(CO)C(O)C(O)C1n1cc(-c2cccc3ccccc23)nn1. The summed E-state index contributed by atoms with van der Waals surface area (Å²) in [7, 11) is 0. The lowest BCUT2D eigenvalue weighted by Crippen LogP contribution is -2.56. The third-order valence-electron chi connectivity index (χ3n) is 7.41. The number of fused-ring (bicyclic) bond motifs is 1. The first-order valence-corrected chi connectivity index (χ1v) is 15.1. The van der Waals surface area contributed by atoms with E-state index in [1.165, 1.54) is 4.68 Å². The van der Waals surface area contributed by atoms with E-state index in [2.05, 4.69) is 20.9 Å². The van der Waals surface area contributed by atoms with Gasteiger partial charge in [0.2, 0.25) is 11.8 Å². The van der Waals surface area contributed by atoms with Crippen molar-refractivity contribution in [3.05, 3.63) is 48.7 Å². The normalized spacial score (nSPS) is 21.9. The number of nitrogens with zero attached hydrogens (tertiary/aromatic N) is 3. The number of amides is 2. The van der Waals surface area contributed by atoms with Crippen molar-refractivity contribution in [3.8, 4) is 11.3 Å². The van der Waals surface area contributed by atoms with Crippen LogP contribution in [-0.4, -0.2) is 99.3 Å². The largest absolute Gasteiger partial charge is 0.394 e. The second-order valence-corrected chi connectivity index (χ2v) is 11.1. The van der Waals surface area contributed by atoms with Crippen LogP contribution < -0.4 is 10.6 Å². The molecule has 1 aromatic heterocycles.